The van der Waals surface area contributed by atoms with Gasteiger partial charge in [0.15, 0.2) is 0 Å². The van der Waals surface area contributed by atoms with Crippen molar-refractivity contribution in [1.82, 2.24) is 5.32 Å². The van der Waals surface area contributed by atoms with Gasteiger partial charge in [-0.1, -0.05) is 37.0 Å². The Labute approximate surface area is 139 Å². The van der Waals surface area contributed by atoms with E-state index in [0.29, 0.717) is 6.42 Å². The second-order valence-electron chi connectivity index (χ2n) is 5.34. The van der Waals surface area contributed by atoms with Gasteiger partial charge in [-0.15, -0.1) is 0 Å². The first-order valence-electron chi connectivity index (χ1n) is 8.02. The Kier molecular flexibility index (Phi) is 9.22. The van der Waals surface area contributed by atoms with Gasteiger partial charge in [-0.25, -0.2) is 0 Å². The number of ether oxygens (including phenoxy) is 1. The van der Waals surface area contributed by atoms with Crippen molar-refractivity contribution in [3.05, 3.63) is 72.2 Å². The zero-order valence-electron chi connectivity index (χ0n) is 14.2. The minimum absolute atomic E-state index is 0.230. The molecule has 1 N–H and O–H groups in total. The van der Waals surface area contributed by atoms with Crippen molar-refractivity contribution in [1.29, 1.82) is 0 Å². The van der Waals surface area contributed by atoms with E-state index in [4.69, 9.17) is 4.74 Å². The quantitative estimate of drug-likeness (QED) is 0.480. The van der Waals surface area contributed by atoms with Crippen LogP contribution in [0.2, 0.25) is 0 Å². The fourth-order valence-electron chi connectivity index (χ4n) is 2.19. The summed E-state index contributed by atoms with van der Waals surface area (Å²) in [4.78, 5) is 10.9. The Morgan fingerprint density at radius 3 is 2.83 bits per heavy atom. The minimum atomic E-state index is 0.230. The second-order valence-corrected chi connectivity index (χ2v) is 5.34. The summed E-state index contributed by atoms with van der Waals surface area (Å²) in [6.45, 7) is 6.16. The Morgan fingerprint density at radius 1 is 1.35 bits per heavy atom. The van der Waals surface area contributed by atoms with Crippen LogP contribution in [0.25, 0.3) is 0 Å². The molecular weight excluding hydrogens is 286 g/mol. The maximum atomic E-state index is 10.9. The van der Waals surface area contributed by atoms with Gasteiger partial charge in [0.2, 0.25) is 0 Å². The van der Waals surface area contributed by atoms with Crippen LogP contribution in [-0.4, -0.2) is 19.4 Å². The van der Waals surface area contributed by atoms with Gasteiger partial charge in [0.25, 0.3) is 0 Å². The van der Waals surface area contributed by atoms with Crippen LogP contribution in [0.3, 0.4) is 0 Å². The average Bonchev–Trinajstić information content (AvgIpc) is 2.55. The Hall–Kier alpha value is -2.29. The van der Waals surface area contributed by atoms with Gasteiger partial charge in [0.05, 0.1) is 7.11 Å². The monoisotopic (exact) mass is 313 g/mol. The molecule has 3 heteroatoms. The fraction of sp³-hybridized carbons (Fsp3) is 0.350. The van der Waals surface area contributed by atoms with E-state index in [-0.39, 0.29) is 5.78 Å². The van der Waals surface area contributed by atoms with Crippen LogP contribution in [0.5, 0.6) is 0 Å². The highest BCUT2D eigenvalue weighted by molar-refractivity contribution is 5.75. The van der Waals surface area contributed by atoms with Crippen molar-refractivity contribution in [3.63, 3.8) is 0 Å². The summed E-state index contributed by atoms with van der Waals surface area (Å²) < 4.78 is 5.38. The third-order valence-corrected chi connectivity index (χ3v) is 3.37. The van der Waals surface area contributed by atoms with E-state index in [1.807, 2.05) is 24.4 Å². The highest BCUT2D eigenvalue weighted by atomic mass is 16.5. The lowest BCUT2D eigenvalue weighted by Crippen LogP contribution is -2.08. The van der Waals surface area contributed by atoms with Gasteiger partial charge in [0, 0.05) is 18.5 Å². The molecule has 0 aromatic rings. The number of methoxy groups -OCH3 is 1. The average molecular weight is 313 g/mol. The molecule has 3 nitrogen and oxygen atoms in total. The Balaban J connectivity index is 2.55. The van der Waals surface area contributed by atoms with Gasteiger partial charge in [-0.2, -0.15) is 0 Å². The molecule has 0 saturated carbocycles. The highest BCUT2D eigenvalue weighted by Crippen LogP contribution is 2.20. The molecule has 0 aliphatic heterocycles. The first-order chi connectivity index (χ1) is 11.2. The van der Waals surface area contributed by atoms with Crippen molar-refractivity contribution in [2.24, 2.45) is 0 Å². The molecule has 0 spiro atoms. The summed E-state index contributed by atoms with van der Waals surface area (Å²) in [5, 5.41) is 3.20. The zero-order chi connectivity index (χ0) is 16.9. The lowest BCUT2D eigenvalue weighted by Gasteiger charge is -2.11. The molecule has 1 aliphatic carbocycles. The number of hydrogen-bond donors (Lipinski definition) is 1. The molecule has 0 atom stereocenters. The Morgan fingerprint density at radius 2 is 2.13 bits per heavy atom. The largest absolute Gasteiger partial charge is 0.496 e. The summed E-state index contributed by atoms with van der Waals surface area (Å²) in [5.74, 6) is 1.16. The van der Waals surface area contributed by atoms with E-state index in [9.17, 15) is 4.79 Å². The van der Waals surface area contributed by atoms with Crippen LogP contribution in [-0.2, 0) is 9.53 Å². The van der Waals surface area contributed by atoms with Crippen molar-refractivity contribution in [2.75, 3.05) is 13.7 Å². The standard InChI is InChI=1S/C20H27NO2/c1-4-8-18(14-16-21-15-7-9-17(2)22)12-13-19-10-5-6-11-20(19)23-3/h4,8,10-14,16,21H,1,5-7,9,15H2,2-3H3/b13-12+,16-14-,18-8-. The second kappa shape index (κ2) is 11.3. The van der Waals surface area contributed by atoms with Crippen LogP contribution >= 0.6 is 0 Å². The van der Waals surface area contributed by atoms with Gasteiger partial charge < -0.3 is 14.8 Å². The van der Waals surface area contributed by atoms with Crippen LogP contribution in [0.4, 0.5) is 0 Å². The zero-order valence-corrected chi connectivity index (χ0v) is 14.2. The fourth-order valence-corrected chi connectivity index (χ4v) is 2.19. The SMILES string of the molecule is C=C/C=C(\C=C/NCCCC(C)=O)/C=C/C1=CCCC=C1OC. The number of ketones is 1. The van der Waals surface area contributed by atoms with Crippen LogP contribution in [0.15, 0.2) is 72.2 Å². The van der Waals surface area contributed by atoms with Crippen LogP contribution in [0.1, 0.15) is 32.6 Å². The lowest BCUT2D eigenvalue weighted by atomic mass is 10.0. The molecule has 0 fully saturated rings. The topological polar surface area (TPSA) is 38.3 Å². The molecule has 0 bridgehead atoms. The van der Waals surface area contributed by atoms with Gasteiger partial charge in [-0.05, 0) is 50.1 Å². The number of allylic oxidation sites excluding steroid dienone is 8. The van der Waals surface area contributed by atoms with E-state index in [2.05, 4.69) is 30.1 Å². The number of nitrogens with one attached hydrogen (secondary N) is 1. The summed E-state index contributed by atoms with van der Waals surface area (Å²) in [7, 11) is 1.70. The van der Waals surface area contributed by atoms with E-state index >= 15 is 0 Å². The molecule has 0 aromatic heterocycles. The first kappa shape index (κ1) is 18.8. The van der Waals surface area contributed by atoms with E-state index in [1.165, 1.54) is 0 Å². The lowest BCUT2D eigenvalue weighted by molar-refractivity contribution is -0.117. The molecule has 0 heterocycles. The number of carbonyl (C=O) groups excluding carboxylic acids is 1. The third-order valence-electron chi connectivity index (χ3n) is 3.37. The van der Waals surface area contributed by atoms with Gasteiger partial charge in [0.1, 0.15) is 11.5 Å². The molecule has 0 saturated heterocycles. The summed E-state index contributed by atoms with van der Waals surface area (Å²) in [6.07, 6.45) is 19.6. The highest BCUT2D eigenvalue weighted by Gasteiger charge is 2.05. The van der Waals surface area contributed by atoms with E-state index < -0.39 is 0 Å². The number of rotatable bonds is 10. The number of hydrogen-bond acceptors (Lipinski definition) is 3. The summed E-state index contributed by atoms with van der Waals surface area (Å²) in [5.41, 5.74) is 2.15. The predicted octanol–water partition coefficient (Wildman–Crippen LogP) is 4.38. The molecular formula is C20H27NO2. The van der Waals surface area contributed by atoms with Crippen molar-refractivity contribution in [2.45, 2.75) is 32.6 Å². The van der Waals surface area contributed by atoms with E-state index in [1.54, 1.807) is 20.1 Å². The molecule has 124 valence electrons. The smallest absolute Gasteiger partial charge is 0.129 e. The maximum Gasteiger partial charge on any atom is 0.129 e. The summed E-state index contributed by atoms with van der Waals surface area (Å²) in [6, 6.07) is 0. The molecule has 0 aromatic carbocycles. The molecule has 0 unspecified atom stereocenters. The van der Waals surface area contributed by atoms with E-state index in [0.717, 1.165) is 42.7 Å². The molecule has 1 rings (SSSR count). The van der Waals surface area contributed by atoms with Crippen LogP contribution in [0, 0.1) is 0 Å². The molecule has 0 radical (unpaired) electrons. The third kappa shape index (κ3) is 8.05. The summed E-state index contributed by atoms with van der Waals surface area (Å²) >= 11 is 0. The normalized spacial score (nSPS) is 15.5. The Bertz CT molecular complexity index is 548. The maximum absolute atomic E-state index is 10.9. The molecule has 23 heavy (non-hydrogen) atoms. The first-order valence-corrected chi connectivity index (χ1v) is 8.02. The van der Waals surface area contributed by atoms with Crippen molar-refractivity contribution in [3.8, 4) is 0 Å². The van der Waals surface area contributed by atoms with Gasteiger partial charge in [-0.3, -0.25) is 0 Å². The van der Waals surface area contributed by atoms with Crippen molar-refractivity contribution >= 4 is 5.78 Å². The molecule has 1 aliphatic rings. The molecule has 0 amide bonds. The number of carbonyl (C=O) groups is 1. The minimum Gasteiger partial charge on any atom is -0.496 e. The van der Waals surface area contributed by atoms with Crippen LogP contribution < -0.4 is 5.32 Å². The van der Waals surface area contributed by atoms with Crippen molar-refractivity contribution < 1.29 is 9.53 Å². The number of Topliss-reactive ketones (excluding diaryl/α,β-unsaturated/α-hetero) is 1. The predicted molar refractivity (Wildman–Crippen MR) is 96.9 cm³/mol. The van der Waals surface area contributed by atoms with Gasteiger partial charge >= 0.3 is 0 Å².